The van der Waals surface area contributed by atoms with E-state index in [0.717, 1.165) is 10.5 Å². The number of hydrogen-bond acceptors (Lipinski definition) is 4. The van der Waals surface area contributed by atoms with Gasteiger partial charge in [0.1, 0.15) is 4.83 Å². The molecule has 3 heterocycles. The van der Waals surface area contributed by atoms with Gasteiger partial charge in [0, 0.05) is 17.2 Å². The van der Waals surface area contributed by atoms with Crippen molar-refractivity contribution in [3.63, 3.8) is 0 Å². The first-order chi connectivity index (χ1) is 8.71. The summed E-state index contributed by atoms with van der Waals surface area (Å²) in [6, 6.07) is 2.14. The fourth-order valence-electron chi connectivity index (χ4n) is 2.30. The highest BCUT2D eigenvalue weighted by Crippen LogP contribution is 2.37. The molecule has 0 radical (unpaired) electrons. The molecule has 0 unspecified atom stereocenters. The van der Waals surface area contributed by atoms with Gasteiger partial charge in [0.2, 0.25) is 0 Å². The third kappa shape index (κ3) is 1.85. The Morgan fingerprint density at radius 2 is 1.79 bits per heavy atom. The van der Waals surface area contributed by atoms with Gasteiger partial charge in [0.25, 0.3) is 0 Å². The lowest BCUT2D eigenvalue weighted by molar-refractivity contribution is 0.00578. The molecule has 1 saturated heterocycles. The molecule has 0 amide bonds. The van der Waals surface area contributed by atoms with E-state index in [-0.39, 0.29) is 18.3 Å². The van der Waals surface area contributed by atoms with Crippen LogP contribution >= 0.6 is 11.3 Å². The Kier molecular flexibility index (Phi) is 2.66. The molecule has 1 fully saturated rings. The zero-order chi connectivity index (χ0) is 14.0. The van der Waals surface area contributed by atoms with E-state index in [2.05, 4.69) is 38.9 Å². The Balaban J connectivity index is 2.00. The van der Waals surface area contributed by atoms with Crippen molar-refractivity contribution < 1.29 is 9.31 Å². The Morgan fingerprint density at radius 3 is 2.32 bits per heavy atom. The first-order valence-electron chi connectivity index (χ1n) is 6.50. The number of fused-ring (bicyclic) bond motifs is 1. The van der Waals surface area contributed by atoms with Crippen LogP contribution in [0.5, 0.6) is 0 Å². The highest BCUT2D eigenvalue weighted by Gasteiger charge is 2.52. The van der Waals surface area contributed by atoms with Crippen LogP contribution in [0.3, 0.4) is 0 Å². The highest BCUT2D eigenvalue weighted by molar-refractivity contribution is 7.27. The van der Waals surface area contributed by atoms with Gasteiger partial charge in [0.15, 0.2) is 0 Å². The average Bonchev–Trinajstić information content (AvgIpc) is 2.85. The summed E-state index contributed by atoms with van der Waals surface area (Å²) in [5.74, 6) is 0. The summed E-state index contributed by atoms with van der Waals surface area (Å²) < 4.78 is 15.2. The molecule has 0 atom stereocenters. The van der Waals surface area contributed by atoms with Crippen molar-refractivity contribution in [2.45, 2.75) is 45.8 Å². The monoisotopic (exact) mass is 278 g/mol. The molecule has 4 nitrogen and oxygen atoms in total. The number of thiophene rings is 1. The molecule has 0 aliphatic carbocycles. The number of hydrogen-bond donors (Lipinski definition) is 0. The smallest absolute Gasteiger partial charge is 0.399 e. The van der Waals surface area contributed by atoms with Crippen molar-refractivity contribution >= 4 is 33.4 Å². The number of aryl methyl sites for hydroxylation is 2. The van der Waals surface area contributed by atoms with E-state index in [9.17, 15) is 0 Å². The van der Waals surface area contributed by atoms with Crippen LogP contribution < -0.4 is 4.78 Å². The van der Waals surface area contributed by atoms with Crippen molar-refractivity contribution in [1.29, 1.82) is 0 Å². The van der Waals surface area contributed by atoms with Crippen molar-refractivity contribution in [2.75, 3.05) is 0 Å². The molecular formula is C13H19BN2O2S. The van der Waals surface area contributed by atoms with E-state index in [1.807, 2.05) is 18.7 Å². The predicted octanol–water partition coefficient (Wildman–Crippen LogP) is 2.24. The van der Waals surface area contributed by atoms with Gasteiger partial charge in [-0.15, -0.1) is 11.3 Å². The Hall–Kier alpha value is -0.845. The lowest BCUT2D eigenvalue weighted by atomic mass is 9.87. The maximum Gasteiger partial charge on any atom is 0.505 e. The van der Waals surface area contributed by atoms with E-state index in [1.54, 1.807) is 11.3 Å². The fourth-order valence-corrected chi connectivity index (χ4v) is 3.38. The highest BCUT2D eigenvalue weighted by atomic mass is 32.1. The van der Waals surface area contributed by atoms with Crippen LogP contribution in [0, 0.1) is 6.92 Å². The summed E-state index contributed by atoms with van der Waals surface area (Å²) in [5.41, 5.74) is 0.471. The van der Waals surface area contributed by atoms with Gasteiger partial charge in [-0.1, -0.05) is 0 Å². The van der Waals surface area contributed by atoms with E-state index < -0.39 is 0 Å². The summed E-state index contributed by atoms with van der Waals surface area (Å²) in [4.78, 5) is 1.17. The van der Waals surface area contributed by atoms with Crippen LogP contribution in [0.2, 0.25) is 0 Å². The molecule has 0 bridgehead atoms. The van der Waals surface area contributed by atoms with Crippen LogP contribution in [-0.2, 0) is 16.4 Å². The molecule has 3 rings (SSSR count). The maximum absolute atomic E-state index is 6.09. The summed E-state index contributed by atoms with van der Waals surface area (Å²) >= 11 is 1.69. The van der Waals surface area contributed by atoms with Crippen LogP contribution in [0.25, 0.3) is 10.2 Å². The molecule has 0 aromatic carbocycles. The Morgan fingerprint density at radius 1 is 1.21 bits per heavy atom. The first-order valence-corrected chi connectivity index (χ1v) is 7.31. The predicted molar refractivity (Wildman–Crippen MR) is 79.0 cm³/mol. The second-order valence-electron chi connectivity index (χ2n) is 6.16. The topological polar surface area (TPSA) is 36.3 Å². The van der Waals surface area contributed by atoms with Gasteiger partial charge >= 0.3 is 7.12 Å². The molecule has 0 spiro atoms. The quantitative estimate of drug-likeness (QED) is 0.751. The molecular weight excluding hydrogens is 259 g/mol. The molecule has 0 N–H and O–H groups in total. The zero-order valence-corrected chi connectivity index (χ0v) is 13.1. The van der Waals surface area contributed by atoms with E-state index in [1.165, 1.54) is 10.2 Å². The summed E-state index contributed by atoms with van der Waals surface area (Å²) in [6.07, 6.45) is 0. The Bertz CT molecular complexity index is 594. The largest absolute Gasteiger partial charge is 0.505 e. The van der Waals surface area contributed by atoms with Gasteiger partial charge in [-0.05, 0) is 40.7 Å². The standard InChI is InChI=1S/C13H19BN2O2S/c1-8-9-7-10(19-11(9)16(6)15-8)14-17-12(2,3)13(4,5)18-14/h7H,1-6H3. The molecule has 102 valence electrons. The minimum Gasteiger partial charge on any atom is -0.399 e. The van der Waals surface area contributed by atoms with Crippen molar-refractivity contribution in [2.24, 2.45) is 7.05 Å². The minimum absolute atomic E-state index is 0.276. The van der Waals surface area contributed by atoms with Crippen LogP contribution in [-0.4, -0.2) is 28.1 Å². The van der Waals surface area contributed by atoms with Crippen molar-refractivity contribution in [3.8, 4) is 0 Å². The van der Waals surface area contributed by atoms with Crippen LogP contribution in [0.15, 0.2) is 6.07 Å². The molecule has 19 heavy (non-hydrogen) atoms. The second kappa shape index (κ2) is 3.84. The minimum atomic E-state index is -0.291. The molecule has 0 saturated carbocycles. The summed E-state index contributed by atoms with van der Waals surface area (Å²) in [6.45, 7) is 10.3. The van der Waals surface area contributed by atoms with E-state index >= 15 is 0 Å². The van der Waals surface area contributed by atoms with E-state index in [0.29, 0.717) is 0 Å². The van der Waals surface area contributed by atoms with Gasteiger partial charge in [-0.3, -0.25) is 4.68 Å². The SMILES string of the molecule is Cc1nn(C)c2sc(B3OC(C)(C)C(C)(C)O3)cc12. The van der Waals surface area contributed by atoms with E-state index in [4.69, 9.17) is 9.31 Å². The summed E-state index contributed by atoms with van der Waals surface area (Å²) in [5, 5.41) is 5.61. The lowest BCUT2D eigenvalue weighted by Gasteiger charge is -2.32. The van der Waals surface area contributed by atoms with Gasteiger partial charge in [0.05, 0.1) is 16.9 Å². The van der Waals surface area contributed by atoms with Crippen molar-refractivity contribution in [1.82, 2.24) is 9.78 Å². The molecule has 1 aliphatic heterocycles. The first kappa shape index (κ1) is 13.2. The zero-order valence-electron chi connectivity index (χ0n) is 12.3. The molecule has 2 aromatic heterocycles. The number of aromatic nitrogens is 2. The number of nitrogens with zero attached hydrogens (tertiary/aromatic N) is 2. The average molecular weight is 278 g/mol. The van der Waals surface area contributed by atoms with Gasteiger partial charge in [-0.25, -0.2) is 0 Å². The third-order valence-corrected chi connectivity index (χ3v) is 5.42. The lowest BCUT2D eigenvalue weighted by Crippen LogP contribution is -2.41. The second-order valence-corrected chi connectivity index (χ2v) is 7.23. The van der Waals surface area contributed by atoms with Crippen LogP contribution in [0.4, 0.5) is 0 Å². The third-order valence-electron chi connectivity index (χ3n) is 4.20. The Labute approximate surface area is 117 Å². The van der Waals surface area contributed by atoms with Crippen molar-refractivity contribution in [3.05, 3.63) is 11.8 Å². The van der Waals surface area contributed by atoms with Gasteiger partial charge < -0.3 is 9.31 Å². The normalized spacial score (nSPS) is 21.5. The number of rotatable bonds is 1. The molecule has 2 aromatic rings. The fraction of sp³-hybridized carbons (Fsp3) is 0.615. The van der Waals surface area contributed by atoms with Gasteiger partial charge in [-0.2, -0.15) is 5.10 Å². The van der Waals surface area contributed by atoms with Crippen LogP contribution in [0.1, 0.15) is 33.4 Å². The summed E-state index contributed by atoms with van der Waals surface area (Å²) in [7, 11) is 1.70. The maximum atomic E-state index is 6.09. The molecule has 1 aliphatic rings. The molecule has 6 heteroatoms.